The molecule has 2 aromatic carbocycles. The highest BCUT2D eigenvalue weighted by Gasteiger charge is 2.23. The number of anilines is 2. The van der Waals surface area contributed by atoms with Crippen LogP contribution in [0.25, 0.3) is 5.69 Å². The number of benzene rings is 2. The van der Waals surface area contributed by atoms with E-state index in [0.717, 1.165) is 30.0 Å². The number of hydrogen-bond acceptors (Lipinski definition) is 4. The molecular weight excluding hydrogens is 478 g/mol. The molecule has 1 heterocycles. The highest BCUT2D eigenvalue weighted by Crippen LogP contribution is 2.27. The molecule has 8 nitrogen and oxygen atoms in total. The smallest absolute Gasteiger partial charge is 0.322 e. The number of methoxy groups -OCH3 is 1. The van der Waals surface area contributed by atoms with Crippen LogP contribution in [-0.2, 0) is 10.2 Å². The van der Waals surface area contributed by atoms with Gasteiger partial charge in [-0.3, -0.25) is 4.79 Å². The monoisotopic (exact) mass is 519 g/mol. The van der Waals surface area contributed by atoms with E-state index in [1.165, 1.54) is 5.56 Å². The van der Waals surface area contributed by atoms with Crippen LogP contribution < -0.4 is 15.4 Å². The lowest BCUT2D eigenvalue weighted by molar-refractivity contribution is -0.116. The number of nitrogens with zero attached hydrogens (tertiary/aromatic N) is 3. The number of amides is 3. The van der Waals surface area contributed by atoms with E-state index in [0.29, 0.717) is 24.0 Å². The Hall–Kier alpha value is -3.81. The van der Waals surface area contributed by atoms with Crippen molar-refractivity contribution >= 4 is 23.4 Å². The normalized spacial score (nSPS) is 11.4. The zero-order valence-electron chi connectivity index (χ0n) is 23.7. The van der Waals surface area contributed by atoms with Gasteiger partial charge >= 0.3 is 6.03 Å². The molecule has 0 aliphatic heterocycles. The van der Waals surface area contributed by atoms with Crippen LogP contribution in [0.2, 0.25) is 0 Å². The second kappa shape index (κ2) is 12.6. The zero-order chi connectivity index (χ0) is 27.9. The standard InChI is InChI=1S/C30H41N5O3/c1-8-9-18-34(29(37)31-23-12-10-22(11-13-23)21(2)3)20-28(36)32-27-19-26(30(4,5)6)33-35(27)24-14-16-25(38-7)17-15-24/h10-17,19,21H,8-9,18,20H2,1-7H3,(H,31,37)(H,32,36). The highest BCUT2D eigenvalue weighted by molar-refractivity contribution is 5.96. The van der Waals surface area contributed by atoms with Crippen LogP contribution in [0.1, 0.15) is 71.6 Å². The van der Waals surface area contributed by atoms with Crippen molar-refractivity contribution in [2.24, 2.45) is 0 Å². The molecule has 0 bridgehead atoms. The molecule has 0 unspecified atom stereocenters. The van der Waals surface area contributed by atoms with Gasteiger partial charge in [-0.1, -0.05) is 60.1 Å². The van der Waals surface area contributed by atoms with Gasteiger partial charge in [0.25, 0.3) is 0 Å². The molecule has 0 aliphatic rings. The summed E-state index contributed by atoms with van der Waals surface area (Å²) in [4.78, 5) is 27.9. The van der Waals surface area contributed by atoms with Crippen LogP contribution in [0.3, 0.4) is 0 Å². The van der Waals surface area contributed by atoms with E-state index in [-0.39, 0.29) is 23.9 Å². The molecule has 0 saturated carbocycles. The Morgan fingerprint density at radius 3 is 2.24 bits per heavy atom. The number of aromatic nitrogens is 2. The maximum absolute atomic E-state index is 13.2. The molecule has 0 aliphatic carbocycles. The molecule has 2 N–H and O–H groups in total. The molecule has 3 amide bonds. The van der Waals surface area contributed by atoms with Crippen molar-refractivity contribution in [1.82, 2.24) is 14.7 Å². The summed E-state index contributed by atoms with van der Waals surface area (Å²) in [6.45, 7) is 12.9. The molecule has 0 fully saturated rings. The lowest BCUT2D eigenvalue weighted by atomic mass is 9.92. The summed E-state index contributed by atoms with van der Waals surface area (Å²) in [5.74, 6) is 1.40. The number of ether oxygens (including phenoxy) is 1. The number of carbonyl (C=O) groups is 2. The first-order valence-corrected chi connectivity index (χ1v) is 13.2. The van der Waals surface area contributed by atoms with Crippen molar-refractivity contribution in [3.63, 3.8) is 0 Å². The number of hydrogen-bond donors (Lipinski definition) is 2. The van der Waals surface area contributed by atoms with Gasteiger partial charge in [-0.05, 0) is 54.3 Å². The largest absolute Gasteiger partial charge is 0.497 e. The van der Waals surface area contributed by atoms with E-state index >= 15 is 0 Å². The number of rotatable bonds is 10. The second-order valence-corrected chi connectivity index (χ2v) is 10.8. The first-order chi connectivity index (χ1) is 18.0. The number of nitrogens with one attached hydrogen (secondary N) is 2. The van der Waals surface area contributed by atoms with Crippen LogP contribution >= 0.6 is 0 Å². The van der Waals surface area contributed by atoms with Gasteiger partial charge in [0, 0.05) is 23.7 Å². The first kappa shape index (κ1) is 28.8. The van der Waals surface area contributed by atoms with E-state index in [1.807, 2.05) is 54.6 Å². The molecule has 0 radical (unpaired) electrons. The Bertz CT molecular complexity index is 1210. The molecule has 0 atom stereocenters. The Labute approximate surface area is 226 Å². The van der Waals surface area contributed by atoms with Gasteiger partial charge < -0.3 is 20.3 Å². The maximum atomic E-state index is 13.2. The molecule has 204 valence electrons. The van der Waals surface area contributed by atoms with Gasteiger partial charge in [0.2, 0.25) is 5.91 Å². The lowest BCUT2D eigenvalue weighted by Gasteiger charge is -2.23. The molecule has 8 heteroatoms. The number of carbonyl (C=O) groups excluding carboxylic acids is 2. The summed E-state index contributed by atoms with van der Waals surface area (Å²) in [5.41, 5.74) is 3.33. The highest BCUT2D eigenvalue weighted by atomic mass is 16.5. The summed E-state index contributed by atoms with van der Waals surface area (Å²) in [6, 6.07) is 16.9. The minimum absolute atomic E-state index is 0.0748. The first-order valence-electron chi connectivity index (χ1n) is 13.2. The molecule has 1 aromatic heterocycles. The van der Waals surface area contributed by atoms with Crippen molar-refractivity contribution in [1.29, 1.82) is 0 Å². The minimum atomic E-state index is -0.301. The predicted molar refractivity (Wildman–Crippen MR) is 153 cm³/mol. The Balaban J connectivity index is 1.78. The van der Waals surface area contributed by atoms with E-state index in [1.54, 1.807) is 16.7 Å². The predicted octanol–water partition coefficient (Wildman–Crippen LogP) is 6.57. The van der Waals surface area contributed by atoms with Gasteiger partial charge in [-0.25, -0.2) is 9.48 Å². The van der Waals surface area contributed by atoms with Gasteiger partial charge in [0.15, 0.2) is 0 Å². The third kappa shape index (κ3) is 7.60. The average molecular weight is 520 g/mol. The summed E-state index contributed by atoms with van der Waals surface area (Å²) in [5, 5.41) is 10.7. The van der Waals surface area contributed by atoms with Gasteiger partial charge in [-0.15, -0.1) is 0 Å². The van der Waals surface area contributed by atoms with Crippen LogP contribution in [0.4, 0.5) is 16.3 Å². The molecule has 3 rings (SSSR count). The summed E-state index contributed by atoms with van der Waals surface area (Å²) in [7, 11) is 1.62. The van der Waals surface area contributed by atoms with Crippen molar-refractivity contribution < 1.29 is 14.3 Å². The summed E-state index contributed by atoms with van der Waals surface area (Å²) in [6.07, 6.45) is 1.71. The van der Waals surface area contributed by atoms with E-state index in [9.17, 15) is 9.59 Å². The average Bonchev–Trinajstić information content (AvgIpc) is 3.31. The van der Waals surface area contributed by atoms with Crippen LogP contribution in [0, 0.1) is 0 Å². The molecular formula is C30H41N5O3. The lowest BCUT2D eigenvalue weighted by Crippen LogP contribution is -2.41. The second-order valence-electron chi connectivity index (χ2n) is 10.8. The minimum Gasteiger partial charge on any atom is -0.497 e. The van der Waals surface area contributed by atoms with Gasteiger partial charge in [0.1, 0.15) is 18.1 Å². The maximum Gasteiger partial charge on any atom is 0.322 e. The van der Waals surface area contributed by atoms with Gasteiger partial charge in [0.05, 0.1) is 18.5 Å². The third-order valence-corrected chi connectivity index (χ3v) is 6.29. The van der Waals surface area contributed by atoms with E-state index < -0.39 is 0 Å². The quantitative estimate of drug-likeness (QED) is 0.317. The van der Waals surface area contributed by atoms with Crippen molar-refractivity contribution in [2.45, 2.75) is 65.7 Å². The van der Waals surface area contributed by atoms with Crippen LogP contribution in [0.5, 0.6) is 5.75 Å². The fourth-order valence-corrected chi connectivity index (χ4v) is 3.87. The topological polar surface area (TPSA) is 88.5 Å². The molecule has 0 spiro atoms. The van der Waals surface area contributed by atoms with Crippen molar-refractivity contribution in [2.75, 3.05) is 30.8 Å². The van der Waals surface area contributed by atoms with E-state index in [2.05, 4.69) is 52.2 Å². The van der Waals surface area contributed by atoms with E-state index in [4.69, 9.17) is 9.84 Å². The van der Waals surface area contributed by atoms with Crippen LogP contribution in [0.15, 0.2) is 54.6 Å². The SMILES string of the molecule is CCCCN(CC(=O)Nc1cc(C(C)(C)C)nn1-c1ccc(OC)cc1)C(=O)Nc1ccc(C(C)C)cc1. The number of urea groups is 1. The fraction of sp³-hybridized carbons (Fsp3) is 0.433. The number of unbranched alkanes of at least 4 members (excludes halogenated alkanes) is 1. The van der Waals surface area contributed by atoms with Crippen molar-refractivity contribution in [3.8, 4) is 11.4 Å². The summed E-state index contributed by atoms with van der Waals surface area (Å²) >= 11 is 0. The Morgan fingerprint density at radius 2 is 1.68 bits per heavy atom. The summed E-state index contributed by atoms with van der Waals surface area (Å²) < 4.78 is 6.99. The van der Waals surface area contributed by atoms with Crippen molar-refractivity contribution in [3.05, 3.63) is 65.9 Å². The molecule has 3 aromatic rings. The van der Waals surface area contributed by atoms with Crippen LogP contribution in [-0.4, -0.2) is 46.8 Å². The molecule has 38 heavy (non-hydrogen) atoms. The van der Waals surface area contributed by atoms with Gasteiger partial charge in [-0.2, -0.15) is 5.10 Å². The Morgan fingerprint density at radius 1 is 1.03 bits per heavy atom. The Kier molecular flexibility index (Phi) is 9.55. The molecule has 0 saturated heterocycles. The fourth-order valence-electron chi connectivity index (χ4n) is 3.87. The third-order valence-electron chi connectivity index (χ3n) is 6.29. The zero-order valence-corrected chi connectivity index (χ0v) is 23.7.